The minimum absolute atomic E-state index is 0.0951. The predicted octanol–water partition coefficient (Wildman–Crippen LogP) is 2.95. The van der Waals surface area contributed by atoms with Gasteiger partial charge in [-0.15, -0.1) is 0 Å². The molecule has 2 aliphatic rings. The van der Waals surface area contributed by atoms with Crippen molar-refractivity contribution in [3.8, 4) is 0 Å². The van der Waals surface area contributed by atoms with Crippen molar-refractivity contribution in [3.63, 3.8) is 0 Å². The summed E-state index contributed by atoms with van der Waals surface area (Å²) in [5, 5.41) is 0. The summed E-state index contributed by atoms with van der Waals surface area (Å²) in [6.45, 7) is 2.62. The molecule has 0 aliphatic carbocycles. The Balaban J connectivity index is 1.68. The zero-order chi connectivity index (χ0) is 17.6. The van der Waals surface area contributed by atoms with E-state index in [-0.39, 0.29) is 16.8 Å². The minimum atomic E-state index is -3.63. The zero-order valence-electron chi connectivity index (χ0n) is 14.1. The largest absolute Gasteiger partial charge is 0.312 e. The highest BCUT2D eigenvalue weighted by molar-refractivity contribution is 7.92. The van der Waals surface area contributed by atoms with Gasteiger partial charge in [0.1, 0.15) is 0 Å². The molecule has 5 nitrogen and oxygen atoms in total. The Morgan fingerprint density at radius 2 is 1.76 bits per heavy atom. The van der Waals surface area contributed by atoms with Gasteiger partial charge in [0, 0.05) is 24.7 Å². The van der Waals surface area contributed by atoms with Crippen LogP contribution in [0.25, 0.3) is 0 Å². The lowest BCUT2D eigenvalue weighted by Crippen LogP contribution is -2.35. The van der Waals surface area contributed by atoms with Crippen LogP contribution in [0, 0.1) is 0 Å². The van der Waals surface area contributed by atoms with Crippen molar-refractivity contribution in [2.24, 2.45) is 0 Å². The molecule has 0 radical (unpaired) electrons. The molecule has 25 heavy (non-hydrogen) atoms. The van der Waals surface area contributed by atoms with Crippen molar-refractivity contribution in [2.45, 2.75) is 37.1 Å². The third-order valence-electron chi connectivity index (χ3n) is 4.92. The smallest absolute Gasteiger partial charge is 0.264 e. The van der Waals surface area contributed by atoms with Crippen molar-refractivity contribution in [2.75, 3.05) is 15.7 Å². The van der Waals surface area contributed by atoms with E-state index in [1.165, 1.54) is 4.31 Å². The lowest BCUT2D eigenvalue weighted by Gasteiger charge is -2.25. The number of benzene rings is 2. The van der Waals surface area contributed by atoms with Crippen LogP contribution in [0.15, 0.2) is 53.4 Å². The van der Waals surface area contributed by atoms with Gasteiger partial charge in [0.15, 0.2) is 0 Å². The van der Waals surface area contributed by atoms with Crippen molar-refractivity contribution in [1.29, 1.82) is 0 Å². The molecular formula is C19H20N2O3S. The van der Waals surface area contributed by atoms with Gasteiger partial charge in [-0.2, -0.15) is 0 Å². The van der Waals surface area contributed by atoms with Crippen LogP contribution in [0.4, 0.5) is 11.4 Å². The molecule has 0 aromatic heterocycles. The molecule has 0 bridgehead atoms. The summed E-state index contributed by atoms with van der Waals surface area (Å²) in [5.74, 6) is 0.0951. The Hall–Kier alpha value is -2.34. The van der Waals surface area contributed by atoms with Crippen LogP contribution in [0.1, 0.15) is 25.3 Å². The highest BCUT2D eigenvalue weighted by atomic mass is 32.2. The van der Waals surface area contributed by atoms with Gasteiger partial charge in [-0.1, -0.05) is 18.2 Å². The first-order valence-electron chi connectivity index (χ1n) is 8.51. The van der Waals surface area contributed by atoms with E-state index in [9.17, 15) is 13.2 Å². The molecule has 4 rings (SSSR count). The Labute approximate surface area is 147 Å². The SMILES string of the molecule is C[C@H]1Cc2ccccc2N1S(=O)(=O)c1ccc(N2CCCC2=O)cc1. The Morgan fingerprint density at radius 1 is 1.04 bits per heavy atom. The van der Waals surface area contributed by atoms with Crippen LogP contribution in [-0.2, 0) is 21.2 Å². The molecule has 1 atom stereocenters. The molecular weight excluding hydrogens is 336 g/mol. The molecule has 2 aromatic carbocycles. The average Bonchev–Trinajstić information content (AvgIpc) is 3.17. The topological polar surface area (TPSA) is 57.7 Å². The zero-order valence-corrected chi connectivity index (χ0v) is 14.9. The molecule has 0 N–H and O–H groups in total. The molecule has 0 spiro atoms. The van der Waals surface area contributed by atoms with Gasteiger partial charge in [-0.05, 0) is 55.7 Å². The molecule has 0 unspecified atom stereocenters. The van der Waals surface area contributed by atoms with Gasteiger partial charge in [-0.3, -0.25) is 9.10 Å². The number of amides is 1. The first-order chi connectivity index (χ1) is 12.0. The lowest BCUT2D eigenvalue weighted by molar-refractivity contribution is -0.117. The fourth-order valence-corrected chi connectivity index (χ4v) is 5.43. The number of carbonyl (C=O) groups is 1. The lowest BCUT2D eigenvalue weighted by atomic mass is 10.1. The van der Waals surface area contributed by atoms with E-state index in [4.69, 9.17) is 0 Å². The van der Waals surface area contributed by atoms with Crippen LogP contribution in [0.5, 0.6) is 0 Å². The normalized spacial score (nSPS) is 20.2. The maximum Gasteiger partial charge on any atom is 0.264 e. The monoisotopic (exact) mass is 356 g/mol. The summed E-state index contributed by atoms with van der Waals surface area (Å²) in [6, 6.07) is 14.2. The molecule has 1 fully saturated rings. The fraction of sp³-hybridized carbons (Fsp3) is 0.316. The number of anilines is 2. The molecule has 1 amide bonds. The second kappa shape index (κ2) is 5.88. The quantitative estimate of drug-likeness (QED) is 0.850. The molecule has 0 saturated carbocycles. The number of nitrogens with zero attached hydrogens (tertiary/aromatic N) is 2. The second-order valence-electron chi connectivity index (χ2n) is 6.63. The summed E-state index contributed by atoms with van der Waals surface area (Å²) in [5.41, 5.74) is 2.57. The van der Waals surface area contributed by atoms with Gasteiger partial charge >= 0.3 is 0 Å². The number of sulfonamides is 1. The Bertz CT molecular complexity index is 922. The van der Waals surface area contributed by atoms with E-state index in [2.05, 4.69) is 0 Å². The second-order valence-corrected chi connectivity index (χ2v) is 8.44. The standard InChI is InChI=1S/C19H20N2O3S/c1-14-13-15-5-2-3-6-18(15)21(14)25(23,24)17-10-8-16(9-11-17)20-12-4-7-19(20)22/h2-3,5-6,8-11,14H,4,7,12-13H2,1H3/t14-/m0/s1. The summed E-state index contributed by atoms with van der Waals surface area (Å²) in [6.07, 6.45) is 2.12. The molecule has 2 heterocycles. The molecule has 130 valence electrons. The van der Waals surface area contributed by atoms with Crippen molar-refractivity contribution in [3.05, 3.63) is 54.1 Å². The third kappa shape index (κ3) is 2.61. The van der Waals surface area contributed by atoms with E-state index >= 15 is 0 Å². The van der Waals surface area contributed by atoms with Gasteiger partial charge in [-0.25, -0.2) is 8.42 Å². The third-order valence-corrected chi connectivity index (χ3v) is 6.87. The van der Waals surface area contributed by atoms with Crippen LogP contribution in [0.3, 0.4) is 0 Å². The Kier molecular flexibility index (Phi) is 3.80. The van der Waals surface area contributed by atoms with Gasteiger partial charge < -0.3 is 4.90 Å². The summed E-state index contributed by atoms with van der Waals surface area (Å²) in [7, 11) is -3.63. The molecule has 2 aliphatic heterocycles. The maximum atomic E-state index is 13.1. The number of para-hydroxylation sites is 1. The van der Waals surface area contributed by atoms with Crippen LogP contribution in [0.2, 0.25) is 0 Å². The van der Waals surface area contributed by atoms with E-state index in [0.717, 1.165) is 29.8 Å². The van der Waals surface area contributed by atoms with E-state index in [1.54, 1.807) is 29.2 Å². The number of hydrogen-bond donors (Lipinski definition) is 0. The van der Waals surface area contributed by atoms with Gasteiger partial charge in [0.2, 0.25) is 5.91 Å². The van der Waals surface area contributed by atoms with Crippen LogP contribution >= 0.6 is 0 Å². The van der Waals surface area contributed by atoms with Gasteiger partial charge in [0.05, 0.1) is 10.6 Å². The van der Waals surface area contributed by atoms with E-state index in [1.807, 2.05) is 31.2 Å². The number of carbonyl (C=O) groups excluding carboxylic acids is 1. The van der Waals surface area contributed by atoms with E-state index < -0.39 is 10.0 Å². The van der Waals surface area contributed by atoms with Crippen molar-refractivity contribution >= 4 is 27.3 Å². The Morgan fingerprint density at radius 3 is 2.44 bits per heavy atom. The minimum Gasteiger partial charge on any atom is -0.312 e. The molecule has 6 heteroatoms. The summed E-state index contributed by atoms with van der Waals surface area (Å²) in [4.78, 5) is 13.8. The van der Waals surface area contributed by atoms with E-state index in [0.29, 0.717) is 13.0 Å². The average molecular weight is 356 g/mol. The van der Waals surface area contributed by atoms with Crippen molar-refractivity contribution < 1.29 is 13.2 Å². The van der Waals surface area contributed by atoms with Crippen molar-refractivity contribution in [1.82, 2.24) is 0 Å². The first kappa shape index (κ1) is 16.1. The number of rotatable bonds is 3. The van der Waals surface area contributed by atoms with Crippen LogP contribution < -0.4 is 9.21 Å². The maximum absolute atomic E-state index is 13.1. The number of hydrogen-bond acceptors (Lipinski definition) is 3. The summed E-state index contributed by atoms with van der Waals surface area (Å²) >= 11 is 0. The predicted molar refractivity (Wildman–Crippen MR) is 97.3 cm³/mol. The first-order valence-corrected chi connectivity index (χ1v) is 9.95. The van der Waals surface area contributed by atoms with Gasteiger partial charge in [0.25, 0.3) is 10.0 Å². The highest BCUT2D eigenvalue weighted by Crippen LogP contribution is 2.36. The summed E-state index contributed by atoms with van der Waals surface area (Å²) < 4.78 is 27.8. The molecule has 2 aromatic rings. The highest BCUT2D eigenvalue weighted by Gasteiger charge is 2.35. The molecule has 1 saturated heterocycles. The van der Waals surface area contributed by atoms with Crippen LogP contribution in [-0.4, -0.2) is 26.9 Å². The fourth-order valence-electron chi connectivity index (χ4n) is 3.74. The number of fused-ring (bicyclic) bond motifs is 1.